The molecule has 2 aromatic rings. The summed E-state index contributed by atoms with van der Waals surface area (Å²) in [5.41, 5.74) is 1.70. The Morgan fingerprint density at radius 2 is 2.19 bits per heavy atom. The summed E-state index contributed by atoms with van der Waals surface area (Å²) in [6.07, 6.45) is 2.23. The van der Waals surface area contributed by atoms with Gasteiger partial charge in [-0.2, -0.15) is 0 Å². The second kappa shape index (κ2) is 5.59. The van der Waals surface area contributed by atoms with Gasteiger partial charge >= 0.3 is 5.97 Å². The van der Waals surface area contributed by atoms with E-state index in [9.17, 15) is 4.79 Å². The number of nitrogens with zero attached hydrogens (tertiary/aromatic N) is 1. The lowest BCUT2D eigenvalue weighted by Crippen LogP contribution is -2.10. The molecule has 1 aliphatic rings. The third kappa shape index (κ3) is 2.80. The van der Waals surface area contributed by atoms with Crippen LogP contribution in [-0.2, 0) is 21.4 Å². The Bertz CT molecular complexity index is 695. The van der Waals surface area contributed by atoms with Crippen LogP contribution in [0.3, 0.4) is 0 Å². The fraction of sp³-hybridized carbons (Fsp3) is 0.333. The van der Waals surface area contributed by atoms with Crippen LogP contribution < -0.4 is 0 Å². The molecule has 3 nitrogen and oxygen atoms in total. The van der Waals surface area contributed by atoms with Gasteiger partial charge in [0.05, 0.1) is 19.2 Å². The highest BCUT2D eigenvalue weighted by Crippen LogP contribution is 2.56. The number of carbonyl (C=O) groups is 1. The minimum Gasteiger partial charge on any atom is -0.469 e. The maximum absolute atomic E-state index is 11.3. The third-order valence-corrected chi connectivity index (χ3v) is 5.35. The van der Waals surface area contributed by atoms with Gasteiger partial charge in [0, 0.05) is 20.8 Å². The number of methoxy groups -OCH3 is 1. The highest BCUT2D eigenvalue weighted by molar-refractivity contribution is 7.10. The summed E-state index contributed by atoms with van der Waals surface area (Å²) < 4.78 is 4.67. The second-order valence-corrected chi connectivity index (χ2v) is 6.80. The number of rotatable bonds is 4. The van der Waals surface area contributed by atoms with Gasteiger partial charge in [0.2, 0.25) is 0 Å². The Balaban J connectivity index is 1.91. The Labute approximate surface area is 136 Å². The minimum absolute atomic E-state index is 0.110. The molecule has 0 saturated heterocycles. The zero-order chi connectivity index (χ0) is 15.0. The van der Waals surface area contributed by atoms with E-state index < -0.39 is 0 Å². The molecule has 1 heterocycles. The number of benzene rings is 1. The van der Waals surface area contributed by atoms with E-state index >= 15 is 0 Å². The fourth-order valence-electron chi connectivity index (χ4n) is 2.43. The molecule has 1 aliphatic carbocycles. The molecule has 0 spiro atoms. The first-order chi connectivity index (χ1) is 10.0. The van der Waals surface area contributed by atoms with Gasteiger partial charge in [-0.1, -0.05) is 29.3 Å². The third-order valence-electron chi connectivity index (χ3n) is 3.71. The van der Waals surface area contributed by atoms with Gasteiger partial charge in [0.25, 0.3) is 0 Å². The molecular formula is C15H13Cl2NO2S. The van der Waals surface area contributed by atoms with Crippen molar-refractivity contribution in [2.24, 2.45) is 0 Å². The lowest BCUT2D eigenvalue weighted by molar-refractivity contribution is -0.139. The van der Waals surface area contributed by atoms with E-state index in [4.69, 9.17) is 23.2 Å². The zero-order valence-corrected chi connectivity index (χ0v) is 13.7. The van der Waals surface area contributed by atoms with Crippen LogP contribution in [0.4, 0.5) is 0 Å². The molecule has 3 rings (SSSR count). The molecule has 1 saturated carbocycles. The number of aromatic nitrogens is 1. The molecule has 1 fully saturated rings. The number of hydrogen-bond donors (Lipinski definition) is 0. The second-order valence-electron chi connectivity index (χ2n) is 5.10. The number of carbonyl (C=O) groups excluding carboxylic acids is 1. The van der Waals surface area contributed by atoms with Crippen molar-refractivity contribution in [3.63, 3.8) is 0 Å². The molecule has 0 unspecified atom stereocenters. The topological polar surface area (TPSA) is 39.2 Å². The van der Waals surface area contributed by atoms with Crippen LogP contribution in [0.1, 0.15) is 29.1 Å². The highest BCUT2D eigenvalue weighted by atomic mass is 35.5. The lowest BCUT2D eigenvalue weighted by Gasteiger charge is -2.14. The summed E-state index contributed by atoms with van der Waals surface area (Å²) in [7, 11) is 1.38. The summed E-state index contributed by atoms with van der Waals surface area (Å²) in [4.78, 5) is 15.9. The molecule has 0 amide bonds. The summed E-state index contributed by atoms with van der Waals surface area (Å²) in [5, 5.41) is 4.22. The van der Waals surface area contributed by atoms with Crippen LogP contribution in [0.2, 0.25) is 10.0 Å². The summed E-state index contributed by atoms with van der Waals surface area (Å²) in [5.74, 6) is -0.277. The van der Waals surface area contributed by atoms with Crippen molar-refractivity contribution >= 4 is 40.5 Å². The van der Waals surface area contributed by atoms with Gasteiger partial charge < -0.3 is 4.74 Å². The van der Waals surface area contributed by atoms with Crippen LogP contribution in [-0.4, -0.2) is 18.1 Å². The average Bonchev–Trinajstić information content (AvgIpc) is 3.11. The van der Waals surface area contributed by atoms with Gasteiger partial charge in [0.1, 0.15) is 5.01 Å². The average molecular weight is 342 g/mol. The molecule has 0 N–H and O–H groups in total. The van der Waals surface area contributed by atoms with Crippen LogP contribution in [0.15, 0.2) is 23.6 Å². The first-order valence-corrected chi connectivity index (χ1v) is 8.16. The molecule has 21 heavy (non-hydrogen) atoms. The van der Waals surface area contributed by atoms with E-state index in [0.717, 1.165) is 29.1 Å². The van der Waals surface area contributed by atoms with Gasteiger partial charge in [-0.25, -0.2) is 4.98 Å². The van der Waals surface area contributed by atoms with Crippen molar-refractivity contribution < 1.29 is 9.53 Å². The van der Waals surface area contributed by atoms with Gasteiger partial charge in [-0.15, -0.1) is 11.3 Å². The van der Waals surface area contributed by atoms with Crippen molar-refractivity contribution in [1.82, 2.24) is 4.98 Å². The molecular weight excluding hydrogens is 329 g/mol. The van der Waals surface area contributed by atoms with Crippen LogP contribution >= 0.6 is 34.5 Å². The van der Waals surface area contributed by atoms with Crippen LogP contribution in [0, 0.1) is 0 Å². The number of esters is 1. The number of halogens is 2. The normalized spacial score (nSPS) is 15.8. The smallest absolute Gasteiger partial charge is 0.311 e. The van der Waals surface area contributed by atoms with Gasteiger partial charge in [-0.05, 0) is 30.5 Å². The molecule has 0 atom stereocenters. The Hall–Kier alpha value is -1.10. The van der Waals surface area contributed by atoms with Gasteiger partial charge in [0.15, 0.2) is 0 Å². The first-order valence-electron chi connectivity index (χ1n) is 6.52. The quantitative estimate of drug-likeness (QED) is 0.780. The number of ether oxygens (including phenoxy) is 1. The Kier molecular flexibility index (Phi) is 3.95. The lowest BCUT2D eigenvalue weighted by atomic mass is 9.96. The van der Waals surface area contributed by atoms with E-state index in [1.807, 2.05) is 17.5 Å². The molecule has 1 aromatic heterocycles. The molecule has 0 bridgehead atoms. The molecule has 6 heteroatoms. The van der Waals surface area contributed by atoms with Crippen molar-refractivity contribution in [1.29, 1.82) is 0 Å². The molecule has 110 valence electrons. The zero-order valence-electron chi connectivity index (χ0n) is 11.4. The maximum Gasteiger partial charge on any atom is 0.311 e. The first kappa shape index (κ1) is 14.8. The summed E-state index contributed by atoms with van der Waals surface area (Å²) >= 11 is 13.9. The van der Waals surface area contributed by atoms with E-state index in [0.29, 0.717) is 10.0 Å². The van der Waals surface area contributed by atoms with Gasteiger partial charge in [-0.3, -0.25) is 4.79 Å². The predicted octanol–water partition coefficient (Wildman–Crippen LogP) is 4.25. The molecule has 0 aliphatic heterocycles. The predicted molar refractivity (Wildman–Crippen MR) is 84.3 cm³/mol. The number of hydrogen-bond acceptors (Lipinski definition) is 4. The summed E-state index contributed by atoms with van der Waals surface area (Å²) in [6.45, 7) is 0. The number of thiazole rings is 1. The van der Waals surface area contributed by atoms with Crippen molar-refractivity contribution in [2.45, 2.75) is 24.7 Å². The van der Waals surface area contributed by atoms with Crippen LogP contribution in [0.25, 0.3) is 0 Å². The summed E-state index contributed by atoms with van der Waals surface area (Å²) in [6, 6.07) is 5.59. The van der Waals surface area contributed by atoms with E-state index in [1.165, 1.54) is 7.11 Å². The maximum atomic E-state index is 11.3. The largest absolute Gasteiger partial charge is 0.469 e. The van der Waals surface area contributed by atoms with E-state index in [2.05, 4.69) is 9.72 Å². The Morgan fingerprint density at radius 3 is 2.81 bits per heavy atom. The minimum atomic E-state index is -0.277. The fourth-order valence-corrected chi connectivity index (χ4v) is 4.11. The monoisotopic (exact) mass is 341 g/mol. The highest BCUT2D eigenvalue weighted by Gasteiger charge is 2.49. The Morgan fingerprint density at radius 1 is 1.43 bits per heavy atom. The molecule has 0 radical (unpaired) electrons. The van der Waals surface area contributed by atoms with E-state index in [1.54, 1.807) is 17.4 Å². The van der Waals surface area contributed by atoms with Crippen molar-refractivity contribution in [2.75, 3.05) is 7.11 Å². The SMILES string of the molecule is COC(=O)Cc1csc(C2(c3ccc(Cl)cc3Cl)CC2)n1. The van der Waals surface area contributed by atoms with Crippen molar-refractivity contribution in [3.05, 3.63) is 49.9 Å². The van der Waals surface area contributed by atoms with E-state index in [-0.39, 0.29) is 17.8 Å². The molecule has 1 aromatic carbocycles. The van der Waals surface area contributed by atoms with Crippen molar-refractivity contribution in [3.8, 4) is 0 Å². The van der Waals surface area contributed by atoms with Crippen LogP contribution in [0.5, 0.6) is 0 Å². The standard InChI is InChI=1S/C15H13Cl2NO2S/c1-20-13(19)7-10-8-21-14(18-10)15(4-5-15)11-3-2-9(16)6-12(11)17/h2-3,6,8H,4-5,7H2,1H3.